The van der Waals surface area contributed by atoms with Crippen molar-refractivity contribution in [3.63, 3.8) is 0 Å². The molecule has 0 bridgehead atoms. The van der Waals surface area contributed by atoms with Crippen LogP contribution in [0.2, 0.25) is 0 Å². The fourth-order valence-corrected chi connectivity index (χ4v) is 5.34. The highest BCUT2D eigenvalue weighted by Crippen LogP contribution is 2.37. The Balaban J connectivity index is 1.34. The second-order valence-corrected chi connectivity index (χ2v) is 8.49. The van der Waals surface area contributed by atoms with Crippen LogP contribution in [0.15, 0.2) is 22.9 Å². The Morgan fingerprint density at radius 2 is 1.75 bits per heavy atom. The van der Waals surface area contributed by atoms with Crippen LogP contribution in [0.1, 0.15) is 38.5 Å². The second-order valence-electron chi connectivity index (χ2n) is 7.64. The minimum atomic E-state index is 0.224. The van der Waals surface area contributed by atoms with Crippen LogP contribution in [0, 0.1) is 17.8 Å². The Morgan fingerprint density at radius 1 is 1.08 bits per heavy atom. The van der Waals surface area contributed by atoms with Crippen LogP contribution in [0.4, 0.5) is 5.69 Å². The van der Waals surface area contributed by atoms with Gasteiger partial charge in [0.05, 0.1) is 10.2 Å². The highest BCUT2D eigenvalue weighted by Gasteiger charge is 2.39. The van der Waals surface area contributed by atoms with Crippen molar-refractivity contribution in [3.8, 4) is 0 Å². The lowest BCUT2D eigenvalue weighted by molar-refractivity contribution is -0.135. The molecule has 0 aromatic carbocycles. The van der Waals surface area contributed by atoms with Gasteiger partial charge < -0.3 is 9.80 Å². The van der Waals surface area contributed by atoms with Crippen LogP contribution in [-0.4, -0.2) is 42.0 Å². The number of carbonyl (C=O) groups is 1. The zero-order chi connectivity index (χ0) is 16.5. The molecule has 1 aromatic heterocycles. The largest absolute Gasteiger partial charge is 0.370 e. The van der Waals surface area contributed by atoms with E-state index in [1.165, 1.54) is 31.4 Å². The molecule has 4 rings (SSSR count). The molecular weight excluding hydrogens is 366 g/mol. The van der Waals surface area contributed by atoms with E-state index in [1.807, 2.05) is 12.4 Å². The molecule has 2 atom stereocenters. The van der Waals surface area contributed by atoms with Crippen LogP contribution < -0.4 is 4.90 Å². The fourth-order valence-electron chi connectivity index (χ4n) is 4.84. The number of hydrogen-bond acceptors (Lipinski definition) is 3. The van der Waals surface area contributed by atoms with Gasteiger partial charge in [-0.15, -0.1) is 0 Å². The third-order valence-corrected chi connectivity index (χ3v) is 6.83. The van der Waals surface area contributed by atoms with E-state index >= 15 is 0 Å². The molecule has 5 heteroatoms. The molecule has 3 aliphatic rings. The maximum Gasteiger partial charge on any atom is 0.225 e. The second kappa shape index (κ2) is 7.03. The topological polar surface area (TPSA) is 36.4 Å². The summed E-state index contributed by atoms with van der Waals surface area (Å²) in [6, 6.07) is 2.05. The number of nitrogens with zero attached hydrogens (tertiary/aromatic N) is 3. The Kier molecular flexibility index (Phi) is 4.79. The number of amides is 1. The van der Waals surface area contributed by atoms with Crippen molar-refractivity contribution >= 4 is 27.5 Å². The van der Waals surface area contributed by atoms with E-state index < -0.39 is 0 Å². The molecular formula is C19H26BrN3O. The molecule has 2 unspecified atom stereocenters. The highest BCUT2D eigenvalue weighted by atomic mass is 79.9. The maximum atomic E-state index is 12.9. The van der Waals surface area contributed by atoms with E-state index in [2.05, 4.69) is 36.8 Å². The lowest BCUT2D eigenvalue weighted by atomic mass is 9.82. The molecule has 1 amide bonds. The van der Waals surface area contributed by atoms with Gasteiger partial charge >= 0.3 is 0 Å². The quantitative estimate of drug-likeness (QED) is 0.770. The fraction of sp³-hybridized carbons (Fsp3) is 0.684. The SMILES string of the molecule is O=C(C1CCN(c2ccncc2Br)CC1)N1CC2CCCCC2C1. The molecule has 1 aromatic rings. The highest BCUT2D eigenvalue weighted by molar-refractivity contribution is 9.10. The average molecular weight is 392 g/mol. The summed E-state index contributed by atoms with van der Waals surface area (Å²) < 4.78 is 1.04. The van der Waals surface area contributed by atoms with E-state index in [0.29, 0.717) is 5.91 Å². The van der Waals surface area contributed by atoms with Gasteiger partial charge in [-0.3, -0.25) is 9.78 Å². The van der Waals surface area contributed by atoms with Crippen LogP contribution in [0.5, 0.6) is 0 Å². The van der Waals surface area contributed by atoms with Gasteiger partial charge in [-0.2, -0.15) is 0 Å². The Morgan fingerprint density at radius 3 is 2.38 bits per heavy atom. The van der Waals surface area contributed by atoms with Crippen molar-refractivity contribution in [1.29, 1.82) is 0 Å². The van der Waals surface area contributed by atoms with Crippen LogP contribution in [-0.2, 0) is 4.79 Å². The molecule has 0 N–H and O–H groups in total. The Bertz CT molecular complexity index is 586. The molecule has 0 radical (unpaired) electrons. The number of carbonyl (C=O) groups excluding carboxylic acids is 1. The number of anilines is 1. The lowest BCUT2D eigenvalue weighted by Crippen LogP contribution is -2.42. The van der Waals surface area contributed by atoms with Crippen molar-refractivity contribution < 1.29 is 4.79 Å². The zero-order valence-corrected chi connectivity index (χ0v) is 15.7. The summed E-state index contributed by atoms with van der Waals surface area (Å²) in [7, 11) is 0. The molecule has 1 aliphatic carbocycles. The number of hydrogen-bond donors (Lipinski definition) is 0. The minimum Gasteiger partial charge on any atom is -0.370 e. The molecule has 3 fully saturated rings. The predicted molar refractivity (Wildman–Crippen MR) is 98.9 cm³/mol. The van der Waals surface area contributed by atoms with Gasteiger partial charge in [-0.25, -0.2) is 0 Å². The summed E-state index contributed by atoms with van der Waals surface area (Å²) in [5.41, 5.74) is 1.20. The van der Waals surface area contributed by atoms with Gasteiger partial charge in [0.2, 0.25) is 5.91 Å². The van der Waals surface area contributed by atoms with E-state index in [1.54, 1.807) is 0 Å². The summed E-state index contributed by atoms with van der Waals surface area (Å²) in [4.78, 5) is 21.7. The molecule has 3 heterocycles. The molecule has 24 heavy (non-hydrogen) atoms. The van der Waals surface area contributed by atoms with E-state index in [-0.39, 0.29) is 5.92 Å². The van der Waals surface area contributed by atoms with Gasteiger partial charge in [0.1, 0.15) is 0 Å². The summed E-state index contributed by atoms with van der Waals surface area (Å²) in [5.74, 6) is 2.23. The summed E-state index contributed by atoms with van der Waals surface area (Å²) in [6.45, 7) is 3.97. The number of fused-ring (bicyclic) bond motifs is 1. The van der Waals surface area contributed by atoms with Crippen LogP contribution in [0.25, 0.3) is 0 Å². The van der Waals surface area contributed by atoms with Gasteiger partial charge in [-0.05, 0) is 59.5 Å². The van der Waals surface area contributed by atoms with Gasteiger partial charge in [0, 0.05) is 44.5 Å². The summed E-state index contributed by atoms with van der Waals surface area (Å²) >= 11 is 3.59. The number of piperidine rings is 1. The Hall–Kier alpha value is -1.10. The monoisotopic (exact) mass is 391 g/mol. The molecule has 1 saturated carbocycles. The van der Waals surface area contributed by atoms with E-state index in [4.69, 9.17) is 0 Å². The normalized spacial score (nSPS) is 28.0. The van der Waals surface area contributed by atoms with Crippen LogP contribution in [0.3, 0.4) is 0 Å². The maximum absolute atomic E-state index is 12.9. The van der Waals surface area contributed by atoms with Crippen molar-refractivity contribution in [2.45, 2.75) is 38.5 Å². The smallest absolute Gasteiger partial charge is 0.225 e. The van der Waals surface area contributed by atoms with Crippen LogP contribution >= 0.6 is 15.9 Å². The van der Waals surface area contributed by atoms with Gasteiger partial charge in [-0.1, -0.05) is 12.8 Å². The molecule has 130 valence electrons. The third kappa shape index (κ3) is 3.19. The average Bonchev–Trinajstić information content (AvgIpc) is 3.06. The van der Waals surface area contributed by atoms with Crippen molar-refractivity contribution in [2.24, 2.45) is 17.8 Å². The summed E-state index contributed by atoms with van der Waals surface area (Å²) in [5, 5.41) is 0. The number of rotatable bonds is 2. The molecule has 2 saturated heterocycles. The standard InChI is InChI=1S/C19H26BrN3O/c20-17-11-21-8-5-18(17)22-9-6-14(7-10-22)19(24)23-12-15-3-1-2-4-16(15)13-23/h5,8,11,14-16H,1-4,6-7,9-10,12-13H2. The molecule has 2 aliphatic heterocycles. The number of halogens is 1. The third-order valence-electron chi connectivity index (χ3n) is 6.22. The summed E-state index contributed by atoms with van der Waals surface area (Å²) in [6.07, 6.45) is 11.0. The van der Waals surface area contributed by atoms with Gasteiger partial charge in [0.15, 0.2) is 0 Å². The minimum absolute atomic E-state index is 0.224. The Labute approximate surface area is 152 Å². The van der Waals surface area contributed by atoms with Crippen molar-refractivity contribution in [3.05, 3.63) is 22.9 Å². The first-order valence-electron chi connectivity index (χ1n) is 9.35. The first kappa shape index (κ1) is 16.4. The van der Waals surface area contributed by atoms with E-state index in [0.717, 1.165) is 55.3 Å². The van der Waals surface area contributed by atoms with Crippen molar-refractivity contribution in [1.82, 2.24) is 9.88 Å². The number of aromatic nitrogens is 1. The lowest BCUT2D eigenvalue weighted by Gasteiger charge is -2.35. The predicted octanol–water partition coefficient (Wildman–Crippen LogP) is 3.71. The zero-order valence-electron chi connectivity index (χ0n) is 14.2. The van der Waals surface area contributed by atoms with E-state index in [9.17, 15) is 4.79 Å². The van der Waals surface area contributed by atoms with Crippen molar-refractivity contribution in [2.75, 3.05) is 31.1 Å². The number of likely N-dealkylation sites (tertiary alicyclic amines) is 1. The first-order chi connectivity index (χ1) is 11.7. The van der Waals surface area contributed by atoms with Gasteiger partial charge in [0.25, 0.3) is 0 Å². The first-order valence-corrected chi connectivity index (χ1v) is 10.1. The molecule has 4 nitrogen and oxygen atoms in total. The molecule has 0 spiro atoms. The number of pyridine rings is 1.